The smallest absolute Gasteiger partial charge is 0.0474 e. The van der Waals surface area contributed by atoms with E-state index in [0.717, 1.165) is 18.4 Å². The van der Waals surface area contributed by atoms with Crippen molar-refractivity contribution in [2.24, 2.45) is 11.8 Å². The average Bonchev–Trinajstić information content (AvgIpc) is 2.61. The Balaban J connectivity index is 1.69. The van der Waals surface area contributed by atoms with E-state index in [9.17, 15) is 0 Å². The minimum atomic E-state index is 0.907. The number of halogens is 1. The second-order valence-electron chi connectivity index (χ2n) is 4.45. The fraction of sp³-hybridized carbons (Fsp3) is 1.00. The van der Waals surface area contributed by atoms with Crippen molar-refractivity contribution >= 4 is 22.9 Å². The Morgan fingerprint density at radius 2 is 1.86 bits per heavy atom. The molecule has 2 fully saturated rings. The third-order valence-electron chi connectivity index (χ3n) is 3.34. The Hall–Kier alpha value is 0.610. The quantitative estimate of drug-likeness (QED) is 0.441. The highest BCUT2D eigenvalue weighted by atomic mass is 127. The van der Waals surface area contributed by atoms with Gasteiger partial charge < -0.3 is 9.64 Å². The number of methoxy groups -OCH3 is 1. The van der Waals surface area contributed by atoms with Gasteiger partial charge in [-0.05, 0) is 18.3 Å². The second-order valence-corrected chi connectivity index (χ2v) is 5.82. The molecule has 0 bridgehead atoms. The van der Waals surface area contributed by atoms with Gasteiger partial charge >= 0.3 is 0 Å². The molecule has 4 heteroatoms. The molecule has 2 rings (SSSR count). The van der Waals surface area contributed by atoms with Crippen LogP contribution in [0.4, 0.5) is 0 Å². The van der Waals surface area contributed by atoms with E-state index < -0.39 is 0 Å². The lowest BCUT2D eigenvalue weighted by Crippen LogP contribution is -2.26. The van der Waals surface area contributed by atoms with Crippen molar-refractivity contribution in [2.75, 3.05) is 46.4 Å². The lowest BCUT2D eigenvalue weighted by atomic mass is 10.0. The van der Waals surface area contributed by atoms with Gasteiger partial charge in [0.25, 0.3) is 0 Å². The van der Waals surface area contributed by atoms with Gasteiger partial charge in [-0.25, -0.2) is 3.11 Å². The van der Waals surface area contributed by atoms with Crippen molar-refractivity contribution < 1.29 is 4.74 Å². The highest BCUT2D eigenvalue weighted by Crippen LogP contribution is 2.32. The number of hydrogen-bond acceptors (Lipinski definition) is 3. The van der Waals surface area contributed by atoms with Gasteiger partial charge in [-0.3, -0.25) is 0 Å². The lowest BCUT2D eigenvalue weighted by Gasteiger charge is -2.17. The average molecular weight is 310 g/mol. The van der Waals surface area contributed by atoms with Crippen LogP contribution < -0.4 is 0 Å². The summed E-state index contributed by atoms with van der Waals surface area (Å²) in [4.78, 5) is 2.61. The highest BCUT2D eigenvalue weighted by Gasteiger charge is 2.38. The van der Waals surface area contributed by atoms with Crippen molar-refractivity contribution in [3.05, 3.63) is 0 Å². The molecule has 0 amide bonds. The Morgan fingerprint density at radius 1 is 1.21 bits per heavy atom. The van der Waals surface area contributed by atoms with Gasteiger partial charge in [-0.2, -0.15) is 0 Å². The number of rotatable bonds is 4. The van der Waals surface area contributed by atoms with Crippen molar-refractivity contribution in [1.29, 1.82) is 0 Å². The molecule has 2 saturated heterocycles. The van der Waals surface area contributed by atoms with Gasteiger partial charge in [-0.1, -0.05) is 0 Å². The van der Waals surface area contributed by atoms with Crippen molar-refractivity contribution in [3.63, 3.8) is 0 Å². The summed E-state index contributed by atoms with van der Waals surface area (Å²) in [6.45, 7) is 7.35. The van der Waals surface area contributed by atoms with Gasteiger partial charge in [0.1, 0.15) is 0 Å². The minimum absolute atomic E-state index is 0.907. The predicted octanol–water partition coefficient (Wildman–Crippen LogP) is 1.24. The van der Waals surface area contributed by atoms with Crippen LogP contribution in [0.5, 0.6) is 0 Å². The molecule has 0 saturated carbocycles. The van der Waals surface area contributed by atoms with E-state index in [0.29, 0.717) is 0 Å². The summed E-state index contributed by atoms with van der Waals surface area (Å²) in [6.07, 6.45) is 1.18. The summed E-state index contributed by atoms with van der Waals surface area (Å²) in [6, 6.07) is 0. The lowest BCUT2D eigenvalue weighted by molar-refractivity contribution is 0.176. The van der Waals surface area contributed by atoms with Crippen molar-refractivity contribution in [2.45, 2.75) is 6.42 Å². The topological polar surface area (TPSA) is 15.7 Å². The molecule has 82 valence electrons. The molecular formula is C10H19IN2O. The van der Waals surface area contributed by atoms with Gasteiger partial charge in [0.05, 0.1) is 0 Å². The maximum Gasteiger partial charge on any atom is 0.0474 e. The van der Waals surface area contributed by atoms with Crippen LogP contribution >= 0.6 is 22.9 Å². The summed E-state index contributed by atoms with van der Waals surface area (Å²) >= 11 is 2.46. The standard InChI is InChI=1S/C10H19IN2O/c1-14-4-2-3-12-5-9-7-13(11)8-10(9)6-12/h9-10H,2-8H2,1H3/t9-,10+. The molecule has 14 heavy (non-hydrogen) atoms. The molecule has 2 atom stereocenters. The van der Waals surface area contributed by atoms with E-state index >= 15 is 0 Å². The minimum Gasteiger partial charge on any atom is -0.385 e. The summed E-state index contributed by atoms with van der Waals surface area (Å²) in [5.74, 6) is 1.88. The monoisotopic (exact) mass is 310 g/mol. The van der Waals surface area contributed by atoms with Crippen LogP contribution in [0.2, 0.25) is 0 Å². The number of hydrogen-bond donors (Lipinski definition) is 0. The number of nitrogens with zero attached hydrogens (tertiary/aromatic N) is 2. The summed E-state index contributed by atoms with van der Waals surface area (Å²) in [5.41, 5.74) is 0. The molecule has 0 N–H and O–H groups in total. The van der Waals surface area contributed by atoms with Gasteiger partial charge in [0.15, 0.2) is 0 Å². The number of fused-ring (bicyclic) bond motifs is 1. The number of ether oxygens (including phenoxy) is 1. The highest BCUT2D eigenvalue weighted by molar-refractivity contribution is 14.1. The molecule has 0 aromatic heterocycles. The van der Waals surface area contributed by atoms with E-state index in [1.54, 1.807) is 7.11 Å². The van der Waals surface area contributed by atoms with Crippen LogP contribution in [-0.2, 0) is 4.74 Å². The summed E-state index contributed by atoms with van der Waals surface area (Å²) < 4.78 is 7.52. The van der Waals surface area contributed by atoms with E-state index in [2.05, 4.69) is 30.9 Å². The molecule has 0 radical (unpaired) electrons. The Labute approximate surface area is 100 Å². The normalized spacial score (nSPS) is 33.9. The molecule has 0 aromatic rings. The molecule has 0 aromatic carbocycles. The second kappa shape index (κ2) is 5.09. The largest absolute Gasteiger partial charge is 0.385 e. The van der Waals surface area contributed by atoms with Gasteiger partial charge in [0, 0.05) is 69.3 Å². The van der Waals surface area contributed by atoms with Gasteiger partial charge in [0.2, 0.25) is 0 Å². The zero-order valence-electron chi connectivity index (χ0n) is 8.79. The Bertz CT molecular complexity index is 177. The molecule has 2 aliphatic heterocycles. The van der Waals surface area contributed by atoms with E-state index in [1.165, 1.54) is 39.1 Å². The Morgan fingerprint density at radius 3 is 2.43 bits per heavy atom. The van der Waals surface area contributed by atoms with E-state index in [1.807, 2.05) is 0 Å². The number of likely N-dealkylation sites (tertiary alicyclic amines) is 1. The molecule has 2 heterocycles. The zero-order valence-corrected chi connectivity index (χ0v) is 10.9. The van der Waals surface area contributed by atoms with Crippen LogP contribution in [0.25, 0.3) is 0 Å². The maximum atomic E-state index is 5.08. The molecule has 0 spiro atoms. The van der Waals surface area contributed by atoms with E-state index in [-0.39, 0.29) is 0 Å². The van der Waals surface area contributed by atoms with Crippen molar-refractivity contribution in [1.82, 2.24) is 8.01 Å². The first-order valence-electron chi connectivity index (χ1n) is 5.41. The molecular weight excluding hydrogens is 291 g/mol. The molecule has 0 aliphatic carbocycles. The van der Waals surface area contributed by atoms with Crippen molar-refractivity contribution in [3.8, 4) is 0 Å². The predicted molar refractivity (Wildman–Crippen MR) is 65.5 cm³/mol. The van der Waals surface area contributed by atoms with Crippen LogP contribution in [0.1, 0.15) is 6.42 Å². The third-order valence-corrected chi connectivity index (χ3v) is 4.13. The van der Waals surface area contributed by atoms with E-state index in [4.69, 9.17) is 4.74 Å². The maximum absolute atomic E-state index is 5.08. The van der Waals surface area contributed by atoms with Crippen LogP contribution in [-0.4, -0.2) is 54.5 Å². The fourth-order valence-corrected chi connectivity index (χ4v) is 3.66. The van der Waals surface area contributed by atoms with Crippen LogP contribution in [0, 0.1) is 11.8 Å². The fourth-order valence-electron chi connectivity index (χ4n) is 2.65. The first-order valence-corrected chi connectivity index (χ1v) is 6.38. The Kier molecular flexibility index (Phi) is 4.04. The zero-order chi connectivity index (χ0) is 9.97. The van der Waals surface area contributed by atoms with Gasteiger partial charge in [-0.15, -0.1) is 0 Å². The molecule has 3 nitrogen and oxygen atoms in total. The van der Waals surface area contributed by atoms with Crippen LogP contribution in [0.3, 0.4) is 0 Å². The summed E-state index contributed by atoms with van der Waals surface area (Å²) in [7, 11) is 1.78. The first kappa shape index (κ1) is 11.1. The first-order chi connectivity index (χ1) is 6.79. The summed E-state index contributed by atoms with van der Waals surface area (Å²) in [5, 5.41) is 0. The molecule has 0 unspecified atom stereocenters. The molecule has 2 aliphatic rings. The van der Waals surface area contributed by atoms with Crippen LogP contribution in [0.15, 0.2) is 0 Å². The SMILES string of the molecule is COCCCN1C[C@H]2CN(I)C[C@H]2C1. The third kappa shape index (κ3) is 2.59.